The summed E-state index contributed by atoms with van der Waals surface area (Å²) in [6.45, 7) is 1.78. The van der Waals surface area contributed by atoms with Crippen molar-refractivity contribution in [1.82, 2.24) is 20.2 Å². The maximum absolute atomic E-state index is 11.0. The van der Waals surface area contributed by atoms with Gasteiger partial charge in [-0.1, -0.05) is 18.5 Å². The molecule has 8 heteroatoms. The smallest absolute Gasteiger partial charge is 0.326 e. The van der Waals surface area contributed by atoms with Gasteiger partial charge in [-0.05, 0) is 35.0 Å². The van der Waals surface area contributed by atoms with Crippen LogP contribution in [0.5, 0.6) is 0 Å². The van der Waals surface area contributed by atoms with Crippen molar-refractivity contribution in [2.45, 2.75) is 19.4 Å². The molecule has 0 spiro atoms. The largest absolute Gasteiger partial charge is 0.480 e. The molecule has 2 aromatic rings. The van der Waals surface area contributed by atoms with Gasteiger partial charge >= 0.3 is 5.97 Å². The second-order valence-electron chi connectivity index (χ2n) is 3.86. The normalized spacial score (nSPS) is 12.1. The van der Waals surface area contributed by atoms with Gasteiger partial charge in [0, 0.05) is 0 Å². The Hall–Kier alpha value is -2.15. The van der Waals surface area contributed by atoms with Crippen LogP contribution < -0.4 is 5.32 Å². The van der Waals surface area contributed by atoms with Crippen molar-refractivity contribution in [1.29, 1.82) is 0 Å². The molecule has 2 rings (SSSR count). The first kappa shape index (κ1) is 13.3. The topological polar surface area (TPSA) is 92.9 Å². The van der Waals surface area contributed by atoms with Gasteiger partial charge in [-0.2, -0.15) is 0 Å². The van der Waals surface area contributed by atoms with Crippen LogP contribution >= 0.6 is 11.6 Å². The summed E-state index contributed by atoms with van der Waals surface area (Å²) in [4.78, 5) is 11.0. The Morgan fingerprint density at radius 3 is 2.95 bits per heavy atom. The number of benzene rings is 1. The number of aromatic nitrogens is 4. The van der Waals surface area contributed by atoms with Crippen molar-refractivity contribution in [3.05, 3.63) is 29.5 Å². The standard InChI is InChI=1S/C11H12ClN5O2/c1-2-9(11(18)19)14-10-5-7(3-4-8(10)12)17-6-13-15-16-17/h3-6,9,14H,2H2,1H3,(H,18,19). The van der Waals surface area contributed by atoms with Crippen LogP contribution in [0.15, 0.2) is 24.5 Å². The van der Waals surface area contributed by atoms with Gasteiger partial charge < -0.3 is 10.4 Å². The highest BCUT2D eigenvalue weighted by Crippen LogP contribution is 2.25. The maximum atomic E-state index is 11.0. The Kier molecular flexibility index (Phi) is 3.96. The van der Waals surface area contributed by atoms with Gasteiger partial charge in [-0.3, -0.25) is 0 Å². The molecule has 19 heavy (non-hydrogen) atoms. The highest BCUT2D eigenvalue weighted by molar-refractivity contribution is 6.33. The molecule has 1 heterocycles. The third kappa shape index (κ3) is 3.00. The predicted octanol–water partition coefficient (Wildman–Crippen LogP) is 1.59. The monoisotopic (exact) mass is 281 g/mol. The number of carboxylic acids is 1. The maximum Gasteiger partial charge on any atom is 0.326 e. The molecule has 0 aliphatic carbocycles. The Balaban J connectivity index is 2.30. The van der Waals surface area contributed by atoms with Crippen LogP contribution in [0.3, 0.4) is 0 Å². The summed E-state index contributed by atoms with van der Waals surface area (Å²) in [5, 5.41) is 23.2. The number of carboxylic acid groups (broad SMARTS) is 1. The van der Waals surface area contributed by atoms with E-state index in [9.17, 15) is 4.79 Å². The number of aliphatic carboxylic acids is 1. The highest BCUT2D eigenvalue weighted by Gasteiger charge is 2.16. The highest BCUT2D eigenvalue weighted by atomic mass is 35.5. The van der Waals surface area contributed by atoms with Gasteiger partial charge in [-0.25, -0.2) is 9.48 Å². The Morgan fingerprint density at radius 1 is 1.58 bits per heavy atom. The number of nitrogens with one attached hydrogen (secondary N) is 1. The number of hydrogen-bond acceptors (Lipinski definition) is 5. The van der Waals surface area contributed by atoms with Crippen molar-refractivity contribution in [2.75, 3.05) is 5.32 Å². The van der Waals surface area contributed by atoms with Gasteiger partial charge in [0.15, 0.2) is 0 Å². The van der Waals surface area contributed by atoms with Crippen molar-refractivity contribution >= 4 is 23.3 Å². The zero-order chi connectivity index (χ0) is 13.8. The molecule has 7 nitrogen and oxygen atoms in total. The van der Waals surface area contributed by atoms with E-state index in [2.05, 4.69) is 20.8 Å². The molecule has 0 saturated carbocycles. The van der Waals surface area contributed by atoms with E-state index in [0.29, 0.717) is 22.8 Å². The molecule has 1 atom stereocenters. The number of anilines is 1. The summed E-state index contributed by atoms with van der Waals surface area (Å²) in [6, 6.07) is 4.41. The number of hydrogen-bond donors (Lipinski definition) is 2. The molecule has 0 bridgehead atoms. The zero-order valence-corrected chi connectivity index (χ0v) is 10.9. The van der Waals surface area contributed by atoms with E-state index in [4.69, 9.17) is 16.7 Å². The zero-order valence-electron chi connectivity index (χ0n) is 10.1. The summed E-state index contributed by atoms with van der Waals surface area (Å²) in [5.41, 5.74) is 1.22. The number of nitrogens with zero attached hydrogens (tertiary/aromatic N) is 4. The van der Waals surface area contributed by atoms with E-state index in [1.165, 1.54) is 11.0 Å². The van der Waals surface area contributed by atoms with Crippen LogP contribution in [0.25, 0.3) is 5.69 Å². The van der Waals surface area contributed by atoms with Crippen molar-refractivity contribution < 1.29 is 9.90 Å². The lowest BCUT2D eigenvalue weighted by Crippen LogP contribution is -2.28. The first-order chi connectivity index (χ1) is 9.11. The molecular formula is C11H12ClN5O2. The SMILES string of the molecule is CCC(Nc1cc(-n2cnnn2)ccc1Cl)C(=O)O. The Morgan fingerprint density at radius 2 is 2.37 bits per heavy atom. The van der Waals surface area contributed by atoms with Crippen molar-refractivity contribution in [3.63, 3.8) is 0 Å². The number of carbonyl (C=O) groups is 1. The quantitative estimate of drug-likeness (QED) is 0.864. The average Bonchev–Trinajstić information content (AvgIpc) is 2.91. The number of halogens is 1. The van der Waals surface area contributed by atoms with E-state index in [1.54, 1.807) is 25.1 Å². The summed E-state index contributed by atoms with van der Waals surface area (Å²) in [5.74, 6) is -0.925. The van der Waals surface area contributed by atoms with Gasteiger partial charge in [0.1, 0.15) is 12.4 Å². The lowest BCUT2D eigenvalue weighted by atomic mass is 10.2. The molecule has 1 aromatic heterocycles. The van der Waals surface area contributed by atoms with Crippen LogP contribution in [0.1, 0.15) is 13.3 Å². The Labute approximate surface area is 114 Å². The van der Waals surface area contributed by atoms with Gasteiger partial charge in [0.2, 0.25) is 0 Å². The van der Waals surface area contributed by atoms with Crippen LogP contribution in [-0.2, 0) is 4.79 Å². The summed E-state index contributed by atoms with van der Waals surface area (Å²) >= 11 is 6.05. The lowest BCUT2D eigenvalue weighted by Gasteiger charge is -2.15. The average molecular weight is 282 g/mol. The second kappa shape index (κ2) is 5.66. The third-order valence-corrected chi connectivity index (χ3v) is 2.93. The molecule has 0 amide bonds. The van der Waals surface area contributed by atoms with E-state index in [-0.39, 0.29) is 0 Å². The molecule has 0 radical (unpaired) electrons. The van der Waals surface area contributed by atoms with Crippen LogP contribution in [-0.4, -0.2) is 37.3 Å². The van der Waals surface area contributed by atoms with E-state index in [0.717, 1.165) is 0 Å². The second-order valence-corrected chi connectivity index (χ2v) is 4.27. The number of rotatable bonds is 5. The van der Waals surface area contributed by atoms with Crippen LogP contribution in [0.2, 0.25) is 5.02 Å². The van der Waals surface area contributed by atoms with Crippen molar-refractivity contribution in [2.24, 2.45) is 0 Å². The fourth-order valence-corrected chi connectivity index (χ4v) is 1.74. The van der Waals surface area contributed by atoms with Gasteiger partial charge in [-0.15, -0.1) is 5.10 Å². The predicted molar refractivity (Wildman–Crippen MR) is 69.5 cm³/mol. The third-order valence-electron chi connectivity index (χ3n) is 2.60. The molecule has 0 saturated heterocycles. The molecule has 0 aliphatic heterocycles. The molecule has 0 aliphatic rings. The number of tetrazole rings is 1. The van der Waals surface area contributed by atoms with Crippen LogP contribution in [0, 0.1) is 0 Å². The summed E-state index contributed by atoms with van der Waals surface area (Å²) in [7, 11) is 0. The lowest BCUT2D eigenvalue weighted by molar-refractivity contribution is -0.137. The first-order valence-electron chi connectivity index (χ1n) is 5.64. The molecule has 0 fully saturated rings. The van der Waals surface area contributed by atoms with E-state index >= 15 is 0 Å². The first-order valence-corrected chi connectivity index (χ1v) is 6.02. The van der Waals surface area contributed by atoms with Crippen molar-refractivity contribution in [3.8, 4) is 5.69 Å². The molecule has 2 N–H and O–H groups in total. The van der Waals surface area contributed by atoms with E-state index in [1.807, 2.05) is 0 Å². The fourth-order valence-electron chi connectivity index (χ4n) is 1.57. The minimum Gasteiger partial charge on any atom is -0.480 e. The molecule has 1 aromatic carbocycles. The molecule has 1 unspecified atom stereocenters. The summed E-state index contributed by atoms with van der Waals surface area (Å²) in [6.07, 6.45) is 1.89. The minimum absolute atomic E-state index is 0.441. The summed E-state index contributed by atoms with van der Waals surface area (Å²) < 4.78 is 1.46. The molecular weight excluding hydrogens is 270 g/mol. The van der Waals surface area contributed by atoms with Gasteiger partial charge in [0.05, 0.1) is 16.4 Å². The molecule has 100 valence electrons. The fraction of sp³-hybridized carbons (Fsp3) is 0.273. The minimum atomic E-state index is -0.925. The van der Waals surface area contributed by atoms with E-state index < -0.39 is 12.0 Å². The van der Waals surface area contributed by atoms with Gasteiger partial charge in [0.25, 0.3) is 0 Å². The van der Waals surface area contributed by atoms with Crippen LogP contribution in [0.4, 0.5) is 5.69 Å². The Bertz CT molecular complexity index is 572.